The van der Waals surface area contributed by atoms with Gasteiger partial charge in [-0.3, -0.25) is 4.79 Å². The fraction of sp³-hybridized carbons (Fsp3) is 0.500. The summed E-state index contributed by atoms with van der Waals surface area (Å²) in [5.74, 6) is -4.40. The largest absolute Gasteiger partial charge is 0.302 e. The molecule has 6 heteroatoms. The first-order valence-corrected chi connectivity index (χ1v) is 3.91. The minimum absolute atomic E-state index is 0.298. The zero-order valence-corrected chi connectivity index (χ0v) is 7.07. The lowest BCUT2D eigenvalue weighted by atomic mass is 10.1. The van der Waals surface area contributed by atoms with Crippen molar-refractivity contribution in [3.05, 3.63) is 11.9 Å². The third kappa shape index (κ3) is 2.30. The number of halogens is 2. The Labute approximate surface area is 71.7 Å². The van der Waals surface area contributed by atoms with E-state index in [4.69, 9.17) is 0 Å². The van der Waals surface area contributed by atoms with Crippen LogP contribution in [0.1, 0.15) is 12.6 Å². The van der Waals surface area contributed by atoms with Gasteiger partial charge in [0.1, 0.15) is 0 Å². The van der Waals surface area contributed by atoms with Gasteiger partial charge in [-0.25, -0.2) is 0 Å². The van der Waals surface area contributed by atoms with Crippen LogP contribution < -0.4 is 0 Å². The van der Waals surface area contributed by atoms with Gasteiger partial charge < -0.3 is 0 Å². The molecule has 1 rings (SSSR count). The van der Waals surface area contributed by atoms with Crippen molar-refractivity contribution < 1.29 is 13.6 Å². The molecule has 0 aliphatic carbocycles. The predicted molar refractivity (Wildman–Crippen MR) is 39.2 cm³/mol. The first-order chi connectivity index (χ1) is 5.50. The lowest BCUT2D eigenvalue weighted by Crippen LogP contribution is -2.26. The smallest absolute Gasteiger partial charge is 0.293 e. The number of hydrogen-bond donors (Lipinski definition) is 0. The van der Waals surface area contributed by atoms with E-state index in [1.807, 2.05) is 0 Å². The fourth-order valence-electron chi connectivity index (χ4n) is 0.582. The number of hydrogen-bond acceptors (Lipinski definition) is 4. The topological polar surface area (TPSA) is 42.9 Å². The second-order valence-corrected chi connectivity index (χ2v) is 2.94. The summed E-state index contributed by atoms with van der Waals surface area (Å²) in [5.41, 5.74) is 0.298. The van der Waals surface area contributed by atoms with Crippen LogP contribution in [-0.4, -0.2) is 20.5 Å². The molecule has 66 valence electrons. The molecule has 0 saturated carbocycles. The number of nitrogens with zero attached hydrogens (tertiary/aromatic N) is 2. The highest BCUT2D eigenvalue weighted by molar-refractivity contribution is 6.99. The van der Waals surface area contributed by atoms with E-state index in [-0.39, 0.29) is 6.42 Å². The predicted octanol–water partition coefficient (Wildman–Crippen LogP) is 1.30. The Bertz CT molecular complexity index is 268. The molecule has 0 unspecified atom stereocenters. The molecule has 0 atom stereocenters. The monoisotopic (exact) mass is 192 g/mol. The molecule has 12 heavy (non-hydrogen) atoms. The molecule has 0 aliphatic heterocycles. The van der Waals surface area contributed by atoms with Crippen LogP contribution in [0, 0.1) is 0 Å². The van der Waals surface area contributed by atoms with Gasteiger partial charge in [0.05, 0.1) is 30.0 Å². The number of Topliss-reactive ketones (excluding diaryl/α,β-unsaturated/α-hetero) is 1. The van der Waals surface area contributed by atoms with Crippen molar-refractivity contribution in [1.29, 1.82) is 0 Å². The van der Waals surface area contributed by atoms with Crippen LogP contribution in [0.25, 0.3) is 0 Å². The lowest BCUT2D eigenvalue weighted by molar-refractivity contribution is -0.139. The van der Waals surface area contributed by atoms with E-state index in [2.05, 4.69) is 8.75 Å². The number of rotatable bonds is 3. The minimum atomic E-state index is -3.27. The lowest BCUT2D eigenvalue weighted by Gasteiger charge is -2.05. The molecule has 0 N–H and O–H groups in total. The van der Waals surface area contributed by atoms with Gasteiger partial charge in [0, 0.05) is 6.92 Å². The molecule has 0 aromatic carbocycles. The minimum Gasteiger partial charge on any atom is -0.293 e. The summed E-state index contributed by atoms with van der Waals surface area (Å²) in [7, 11) is 0. The van der Waals surface area contributed by atoms with E-state index in [1.165, 1.54) is 6.20 Å². The van der Waals surface area contributed by atoms with E-state index >= 15 is 0 Å². The van der Waals surface area contributed by atoms with Gasteiger partial charge in [-0.2, -0.15) is 17.5 Å². The van der Waals surface area contributed by atoms with Crippen molar-refractivity contribution in [2.75, 3.05) is 0 Å². The Balaban J connectivity index is 2.60. The van der Waals surface area contributed by atoms with Crippen molar-refractivity contribution in [3.63, 3.8) is 0 Å². The van der Waals surface area contributed by atoms with Crippen molar-refractivity contribution in [2.24, 2.45) is 0 Å². The summed E-state index contributed by atoms with van der Waals surface area (Å²) >= 11 is 0.895. The zero-order chi connectivity index (χ0) is 9.19. The summed E-state index contributed by atoms with van der Waals surface area (Å²) in [6, 6.07) is 0. The number of carbonyl (C=O) groups excluding carboxylic acids is 1. The maximum absolute atomic E-state index is 12.3. The highest BCUT2D eigenvalue weighted by Gasteiger charge is 2.32. The summed E-state index contributed by atoms with van der Waals surface area (Å²) in [6.07, 6.45) is 0.967. The number of alkyl halides is 2. The van der Waals surface area contributed by atoms with Crippen molar-refractivity contribution >= 4 is 17.5 Å². The Hall–Kier alpha value is -0.910. The second-order valence-electron chi connectivity index (χ2n) is 2.39. The molecule has 3 nitrogen and oxygen atoms in total. The molecule has 0 amide bonds. The van der Waals surface area contributed by atoms with Gasteiger partial charge in [-0.1, -0.05) is 0 Å². The molecule has 0 saturated heterocycles. The molecule has 0 fully saturated rings. The average molecular weight is 192 g/mol. The summed E-state index contributed by atoms with van der Waals surface area (Å²) in [6.45, 7) is 0.579. The van der Waals surface area contributed by atoms with Crippen LogP contribution in [0.15, 0.2) is 6.20 Å². The number of aromatic nitrogens is 2. The van der Waals surface area contributed by atoms with Gasteiger partial charge in [0.2, 0.25) is 5.78 Å². The Morgan fingerprint density at radius 3 is 2.83 bits per heavy atom. The normalized spacial score (nSPS) is 11.6. The highest BCUT2D eigenvalue weighted by Crippen LogP contribution is 2.15. The highest BCUT2D eigenvalue weighted by atomic mass is 32.1. The van der Waals surface area contributed by atoms with Crippen LogP contribution in [-0.2, 0) is 11.2 Å². The molecule has 0 bridgehead atoms. The van der Waals surface area contributed by atoms with Crippen LogP contribution in [0.4, 0.5) is 8.78 Å². The SMILES string of the molecule is CC(F)(F)C(=O)Cc1cnsn1. The van der Waals surface area contributed by atoms with E-state index in [9.17, 15) is 13.6 Å². The third-order valence-corrected chi connectivity index (χ3v) is 1.75. The van der Waals surface area contributed by atoms with Gasteiger partial charge in [-0.05, 0) is 0 Å². The van der Waals surface area contributed by atoms with Crippen molar-refractivity contribution in [3.8, 4) is 0 Å². The van der Waals surface area contributed by atoms with Gasteiger partial charge in [-0.15, -0.1) is 0 Å². The van der Waals surface area contributed by atoms with Crippen LogP contribution in [0.2, 0.25) is 0 Å². The Kier molecular flexibility index (Phi) is 2.46. The van der Waals surface area contributed by atoms with Crippen molar-refractivity contribution in [2.45, 2.75) is 19.3 Å². The van der Waals surface area contributed by atoms with Crippen LogP contribution in [0.3, 0.4) is 0 Å². The van der Waals surface area contributed by atoms with Gasteiger partial charge >= 0.3 is 5.92 Å². The van der Waals surface area contributed by atoms with Crippen LogP contribution >= 0.6 is 11.7 Å². The first kappa shape index (κ1) is 9.18. The van der Waals surface area contributed by atoms with Crippen molar-refractivity contribution in [1.82, 2.24) is 8.75 Å². The second kappa shape index (κ2) is 3.22. The van der Waals surface area contributed by atoms with E-state index < -0.39 is 11.7 Å². The fourth-order valence-corrected chi connectivity index (χ4v) is 1.01. The van der Waals surface area contributed by atoms with Crippen LogP contribution in [0.5, 0.6) is 0 Å². The van der Waals surface area contributed by atoms with E-state index in [0.717, 1.165) is 11.7 Å². The van der Waals surface area contributed by atoms with Gasteiger partial charge in [0.15, 0.2) is 0 Å². The maximum Gasteiger partial charge on any atom is 0.302 e. The zero-order valence-electron chi connectivity index (χ0n) is 6.25. The quantitative estimate of drug-likeness (QED) is 0.725. The molecular weight excluding hydrogens is 186 g/mol. The standard InChI is InChI=1S/C6H6F2N2OS/c1-6(7,8)5(11)2-4-3-9-12-10-4/h3H,2H2,1H3. The maximum atomic E-state index is 12.3. The number of carbonyl (C=O) groups is 1. The molecule has 0 aliphatic rings. The summed E-state index contributed by atoms with van der Waals surface area (Å²) in [5, 5.41) is 0. The molecule has 0 radical (unpaired) electrons. The number of ketones is 1. The molecule has 0 spiro atoms. The molecule has 1 heterocycles. The molecule has 1 aromatic rings. The Morgan fingerprint density at radius 2 is 2.42 bits per heavy atom. The van der Waals surface area contributed by atoms with E-state index in [1.54, 1.807) is 0 Å². The summed E-state index contributed by atoms with van der Waals surface area (Å²) in [4.78, 5) is 10.7. The summed E-state index contributed by atoms with van der Waals surface area (Å²) < 4.78 is 31.9. The molecule has 1 aromatic heterocycles. The molecular formula is C6H6F2N2OS. The van der Waals surface area contributed by atoms with E-state index in [0.29, 0.717) is 12.6 Å². The van der Waals surface area contributed by atoms with Gasteiger partial charge in [0.25, 0.3) is 0 Å². The Morgan fingerprint density at radius 1 is 1.75 bits per heavy atom. The average Bonchev–Trinajstić information content (AvgIpc) is 2.37. The first-order valence-electron chi connectivity index (χ1n) is 3.17. The third-order valence-electron chi connectivity index (χ3n) is 1.24.